The zero-order valence-electron chi connectivity index (χ0n) is 16.7. The average molecular weight is 383 g/mol. The first-order chi connectivity index (χ1) is 13.3. The van der Waals surface area contributed by atoms with Crippen molar-refractivity contribution in [2.75, 3.05) is 7.05 Å². The molecule has 1 N–H and O–H groups in total. The van der Waals surface area contributed by atoms with Gasteiger partial charge < -0.3 is 19.3 Å². The van der Waals surface area contributed by atoms with Crippen molar-refractivity contribution in [1.82, 2.24) is 35.1 Å². The molecule has 2 amide bonds. The van der Waals surface area contributed by atoms with E-state index in [9.17, 15) is 4.79 Å². The van der Waals surface area contributed by atoms with E-state index in [-0.39, 0.29) is 12.1 Å². The number of amides is 2. The van der Waals surface area contributed by atoms with Crippen LogP contribution in [0.25, 0.3) is 11.4 Å². The van der Waals surface area contributed by atoms with E-state index in [4.69, 9.17) is 4.52 Å². The Morgan fingerprint density at radius 2 is 1.96 bits per heavy atom. The van der Waals surface area contributed by atoms with Crippen LogP contribution < -0.4 is 5.32 Å². The molecule has 0 saturated carbocycles. The first-order valence-electron chi connectivity index (χ1n) is 9.15. The lowest BCUT2D eigenvalue weighted by atomic mass is 10.1. The van der Waals surface area contributed by atoms with Gasteiger partial charge in [0.25, 0.3) is 0 Å². The van der Waals surface area contributed by atoms with E-state index in [0.717, 1.165) is 17.0 Å². The predicted octanol–water partition coefficient (Wildman–Crippen LogP) is 3.12. The third-order valence-electron chi connectivity index (χ3n) is 4.39. The van der Waals surface area contributed by atoms with Gasteiger partial charge in [-0.3, -0.25) is 0 Å². The summed E-state index contributed by atoms with van der Waals surface area (Å²) in [7, 11) is 1.70. The number of aromatic nitrogens is 5. The summed E-state index contributed by atoms with van der Waals surface area (Å²) in [6.45, 7) is 8.24. The van der Waals surface area contributed by atoms with Crippen LogP contribution in [-0.4, -0.2) is 42.9 Å². The number of hydrogen-bond acceptors (Lipinski definition) is 6. The molecule has 3 rings (SSSR count). The van der Waals surface area contributed by atoms with Crippen molar-refractivity contribution >= 4 is 6.03 Å². The minimum absolute atomic E-state index is 0.221. The average Bonchev–Trinajstić information content (AvgIpc) is 3.31. The maximum absolute atomic E-state index is 12.5. The number of carbonyl (C=O) groups excluding carboxylic acids is 1. The van der Waals surface area contributed by atoms with Gasteiger partial charge in [-0.05, 0) is 27.7 Å². The molecular weight excluding hydrogens is 358 g/mol. The Hall–Kier alpha value is -3.23. The second-order valence-electron chi connectivity index (χ2n) is 7.10. The minimum atomic E-state index is -0.426. The lowest BCUT2D eigenvalue weighted by Gasteiger charge is -2.20. The smallest absolute Gasteiger partial charge is 0.318 e. The Bertz CT molecular complexity index is 930. The molecule has 9 nitrogen and oxygen atoms in total. The lowest BCUT2D eigenvalue weighted by molar-refractivity contribution is 0.198. The molecule has 0 unspecified atom stereocenters. The third-order valence-corrected chi connectivity index (χ3v) is 4.39. The minimum Gasteiger partial charge on any atom is -0.337 e. The molecule has 0 fully saturated rings. The van der Waals surface area contributed by atoms with Crippen molar-refractivity contribution in [3.63, 3.8) is 0 Å². The van der Waals surface area contributed by atoms with Gasteiger partial charge in [0.2, 0.25) is 11.7 Å². The summed E-state index contributed by atoms with van der Waals surface area (Å²) in [4.78, 5) is 18.5. The largest absolute Gasteiger partial charge is 0.337 e. The summed E-state index contributed by atoms with van der Waals surface area (Å²) in [6, 6.07) is 7.38. The first kappa shape index (κ1) is 19.5. The molecule has 2 heterocycles. The number of rotatable bonds is 6. The first-order valence-corrected chi connectivity index (χ1v) is 9.15. The van der Waals surface area contributed by atoms with Crippen molar-refractivity contribution < 1.29 is 9.32 Å². The predicted molar refractivity (Wildman–Crippen MR) is 103 cm³/mol. The summed E-state index contributed by atoms with van der Waals surface area (Å²) >= 11 is 0. The molecule has 3 aromatic rings. The van der Waals surface area contributed by atoms with Gasteiger partial charge in [0.05, 0.1) is 6.54 Å². The number of nitrogens with one attached hydrogen (secondary N) is 1. The Morgan fingerprint density at radius 1 is 1.25 bits per heavy atom. The molecule has 0 aliphatic carbocycles. The van der Waals surface area contributed by atoms with Crippen LogP contribution in [0.5, 0.6) is 0 Å². The maximum atomic E-state index is 12.5. The third kappa shape index (κ3) is 4.36. The van der Waals surface area contributed by atoms with Crippen LogP contribution >= 0.6 is 0 Å². The lowest BCUT2D eigenvalue weighted by Crippen LogP contribution is -2.38. The highest BCUT2D eigenvalue weighted by atomic mass is 16.5. The van der Waals surface area contributed by atoms with Crippen LogP contribution in [0.2, 0.25) is 0 Å². The highest BCUT2D eigenvalue weighted by Crippen LogP contribution is 2.19. The second kappa shape index (κ2) is 8.20. The number of nitrogens with zero attached hydrogens (tertiary/aromatic N) is 6. The van der Waals surface area contributed by atoms with E-state index >= 15 is 0 Å². The number of benzene rings is 1. The maximum Gasteiger partial charge on any atom is 0.318 e. The van der Waals surface area contributed by atoms with E-state index in [1.54, 1.807) is 20.3 Å². The summed E-state index contributed by atoms with van der Waals surface area (Å²) in [5.74, 6) is 1.57. The Kier molecular flexibility index (Phi) is 5.72. The molecule has 0 bridgehead atoms. The van der Waals surface area contributed by atoms with E-state index in [2.05, 4.69) is 25.7 Å². The standard InChI is InChI=1S/C19H25N7O2/c1-12(2)26-11-20-23-16(26)10-25(5)19(27)21-14(4)18-22-17(24-28-18)15-8-6-13(3)7-9-15/h6-9,11-12,14H,10H2,1-5H3,(H,21,27)/t14-/m0/s1. The second-order valence-corrected chi connectivity index (χ2v) is 7.10. The van der Waals surface area contributed by atoms with Crippen molar-refractivity contribution in [1.29, 1.82) is 0 Å². The summed E-state index contributed by atoms with van der Waals surface area (Å²) in [5, 5.41) is 14.9. The van der Waals surface area contributed by atoms with Crippen molar-refractivity contribution in [3.8, 4) is 11.4 Å². The van der Waals surface area contributed by atoms with Gasteiger partial charge in [-0.2, -0.15) is 4.98 Å². The number of hydrogen-bond donors (Lipinski definition) is 1. The molecule has 0 aliphatic rings. The monoisotopic (exact) mass is 383 g/mol. The van der Waals surface area contributed by atoms with Crippen LogP contribution in [-0.2, 0) is 6.54 Å². The van der Waals surface area contributed by atoms with Gasteiger partial charge in [-0.1, -0.05) is 35.0 Å². The van der Waals surface area contributed by atoms with Gasteiger partial charge in [0.1, 0.15) is 12.4 Å². The quantitative estimate of drug-likeness (QED) is 0.702. The molecule has 0 saturated heterocycles. The van der Waals surface area contributed by atoms with E-state index < -0.39 is 6.04 Å². The van der Waals surface area contributed by atoms with Gasteiger partial charge in [-0.25, -0.2) is 4.79 Å². The van der Waals surface area contributed by atoms with Gasteiger partial charge in [0, 0.05) is 18.7 Å². The molecule has 1 aromatic carbocycles. The number of aryl methyl sites for hydroxylation is 1. The highest BCUT2D eigenvalue weighted by molar-refractivity contribution is 5.74. The molecule has 9 heteroatoms. The van der Waals surface area contributed by atoms with Crippen LogP contribution in [0.1, 0.15) is 50.1 Å². The molecule has 0 aliphatic heterocycles. The van der Waals surface area contributed by atoms with Crippen molar-refractivity contribution in [2.45, 2.75) is 46.3 Å². The van der Waals surface area contributed by atoms with Gasteiger partial charge in [0.15, 0.2) is 5.82 Å². The molecular formula is C19H25N7O2. The fourth-order valence-electron chi connectivity index (χ4n) is 2.68. The summed E-state index contributed by atoms with van der Waals surface area (Å²) in [6.07, 6.45) is 1.67. The Morgan fingerprint density at radius 3 is 2.64 bits per heavy atom. The number of urea groups is 1. The molecule has 28 heavy (non-hydrogen) atoms. The van der Waals surface area contributed by atoms with Crippen LogP contribution in [0.15, 0.2) is 35.1 Å². The van der Waals surface area contributed by atoms with Crippen LogP contribution in [0.3, 0.4) is 0 Å². The van der Waals surface area contributed by atoms with Gasteiger partial charge in [-0.15, -0.1) is 10.2 Å². The van der Waals surface area contributed by atoms with E-state index in [1.165, 1.54) is 4.90 Å². The van der Waals surface area contributed by atoms with Crippen molar-refractivity contribution in [2.24, 2.45) is 0 Å². The van der Waals surface area contributed by atoms with E-state index in [0.29, 0.717) is 18.3 Å². The molecule has 2 aromatic heterocycles. The highest BCUT2D eigenvalue weighted by Gasteiger charge is 2.20. The fourth-order valence-corrected chi connectivity index (χ4v) is 2.68. The molecule has 148 valence electrons. The SMILES string of the molecule is Cc1ccc(-c2noc([C@H](C)NC(=O)N(C)Cc3nncn3C(C)C)n2)cc1. The molecule has 1 atom stereocenters. The summed E-state index contributed by atoms with van der Waals surface area (Å²) < 4.78 is 7.26. The zero-order valence-corrected chi connectivity index (χ0v) is 16.7. The summed E-state index contributed by atoms with van der Waals surface area (Å²) in [5.41, 5.74) is 2.02. The van der Waals surface area contributed by atoms with Crippen LogP contribution in [0, 0.1) is 6.92 Å². The Labute approximate surface area is 163 Å². The zero-order chi connectivity index (χ0) is 20.3. The molecule has 0 radical (unpaired) electrons. The fraction of sp³-hybridized carbons (Fsp3) is 0.421. The molecule has 0 spiro atoms. The number of carbonyl (C=O) groups is 1. The van der Waals surface area contributed by atoms with Crippen molar-refractivity contribution in [3.05, 3.63) is 47.9 Å². The normalized spacial score (nSPS) is 12.2. The Balaban J connectivity index is 1.62. The van der Waals surface area contributed by atoms with Gasteiger partial charge >= 0.3 is 6.03 Å². The van der Waals surface area contributed by atoms with Crippen LogP contribution in [0.4, 0.5) is 4.79 Å². The van der Waals surface area contributed by atoms with E-state index in [1.807, 2.05) is 49.6 Å². The topological polar surface area (TPSA) is 102 Å².